The SMILES string of the molecule is CCNC(=NCCS(=O)Cc1ccccc1)NCCOc1ccc(OC)cc1.I. The Kier molecular flexibility index (Phi) is 13.1. The minimum atomic E-state index is -0.924. The Morgan fingerprint density at radius 3 is 2.38 bits per heavy atom. The number of ether oxygens (including phenoxy) is 2. The fraction of sp³-hybridized carbons (Fsp3) is 0.381. The van der Waals surface area contributed by atoms with Crippen LogP contribution in [-0.4, -0.2) is 49.3 Å². The molecule has 0 heterocycles. The zero-order valence-electron chi connectivity index (χ0n) is 16.9. The van der Waals surface area contributed by atoms with E-state index in [4.69, 9.17) is 9.47 Å². The lowest BCUT2D eigenvalue weighted by Crippen LogP contribution is -2.39. The minimum Gasteiger partial charge on any atom is -0.497 e. The van der Waals surface area contributed by atoms with E-state index in [9.17, 15) is 4.21 Å². The number of methoxy groups -OCH3 is 1. The third-order valence-electron chi connectivity index (χ3n) is 3.83. The first-order chi connectivity index (χ1) is 13.7. The van der Waals surface area contributed by atoms with Crippen LogP contribution in [0, 0.1) is 0 Å². The first-order valence-corrected chi connectivity index (χ1v) is 10.9. The van der Waals surface area contributed by atoms with Gasteiger partial charge in [-0.25, -0.2) is 0 Å². The number of benzene rings is 2. The molecule has 2 N–H and O–H groups in total. The molecule has 0 amide bonds. The summed E-state index contributed by atoms with van der Waals surface area (Å²) in [6.45, 7) is 4.41. The van der Waals surface area contributed by atoms with E-state index in [-0.39, 0.29) is 24.0 Å². The summed E-state index contributed by atoms with van der Waals surface area (Å²) in [5.41, 5.74) is 1.09. The lowest BCUT2D eigenvalue weighted by atomic mass is 10.2. The summed E-state index contributed by atoms with van der Waals surface area (Å²) >= 11 is 0. The van der Waals surface area contributed by atoms with Crippen molar-refractivity contribution in [2.75, 3.05) is 39.1 Å². The van der Waals surface area contributed by atoms with Gasteiger partial charge in [0, 0.05) is 28.9 Å². The Morgan fingerprint density at radius 2 is 1.72 bits per heavy atom. The highest BCUT2D eigenvalue weighted by molar-refractivity contribution is 14.0. The van der Waals surface area contributed by atoms with Crippen LogP contribution in [0.5, 0.6) is 11.5 Å². The van der Waals surface area contributed by atoms with E-state index >= 15 is 0 Å². The molecule has 0 fully saturated rings. The van der Waals surface area contributed by atoms with Gasteiger partial charge in [0.25, 0.3) is 0 Å². The molecule has 29 heavy (non-hydrogen) atoms. The Balaban J connectivity index is 0.00000420. The molecule has 0 radical (unpaired) electrons. The van der Waals surface area contributed by atoms with Gasteiger partial charge >= 0.3 is 0 Å². The van der Waals surface area contributed by atoms with Crippen LogP contribution in [-0.2, 0) is 16.6 Å². The summed E-state index contributed by atoms with van der Waals surface area (Å²) in [6, 6.07) is 17.4. The van der Waals surface area contributed by atoms with E-state index in [1.54, 1.807) is 7.11 Å². The Hall–Kier alpha value is -1.81. The zero-order chi connectivity index (χ0) is 20.0. The molecule has 0 aromatic heterocycles. The number of hydrogen-bond acceptors (Lipinski definition) is 4. The predicted molar refractivity (Wildman–Crippen MR) is 131 cm³/mol. The topological polar surface area (TPSA) is 72.0 Å². The summed E-state index contributed by atoms with van der Waals surface area (Å²) in [6.07, 6.45) is 0. The van der Waals surface area contributed by atoms with Gasteiger partial charge in [0.15, 0.2) is 5.96 Å². The lowest BCUT2D eigenvalue weighted by molar-refractivity contribution is 0.321. The van der Waals surface area contributed by atoms with Crippen molar-refractivity contribution < 1.29 is 13.7 Å². The second-order valence-corrected chi connectivity index (χ2v) is 7.56. The number of nitrogens with zero attached hydrogens (tertiary/aromatic N) is 1. The van der Waals surface area contributed by atoms with E-state index in [1.165, 1.54) is 0 Å². The number of rotatable bonds is 11. The van der Waals surface area contributed by atoms with Crippen LogP contribution in [0.4, 0.5) is 0 Å². The molecule has 2 aromatic carbocycles. The van der Waals surface area contributed by atoms with Gasteiger partial charge in [-0.2, -0.15) is 0 Å². The standard InChI is InChI=1S/C21H29N3O3S.HI/c1-3-22-21(23-13-15-27-20-11-9-19(26-2)10-12-20)24-14-16-28(25)17-18-7-5-4-6-8-18;/h4-12H,3,13-17H2,1-2H3,(H2,22,23,24);1H. The van der Waals surface area contributed by atoms with Gasteiger partial charge in [0.2, 0.25) is 0 Å². The highest BCUT2D eigenvalue weighted by Crippen LogP contribution is 2.16. The lowest BCUT2D eigenvalue weighted by Gasteiger charge is -2.12. The number of halogens is 1. The number of hydrogen-bond donors (Lipinski definition) is 2. The van der Waals surface area contributed by atoms with Gasteiger partial charge in [-0.1, -0.05) is 30.3 Å². The van der Waals surface area contributed by atoms with Gasteiger partial charge in [0.1, 0.15) is 18.1 Å². The number of guanidine groups is 1. The molecule has 6 nitrogen and oxygen atoms in total. The Labute approximate surface area is 193 Å². The molecule has 0 bridgehead atoms. The van der Waals surface area contributed by atoms with E-state index in [0.717, 1.165) is 23.6 Å². The summed E-state index contributed by atoms with van der Waals surface area (Å²) in [4.78, 5) is 4.49. The quantitative estimate of drug-likeness (QED) is 0.202. The highest BCUT2D eigenvalue weighted by Gasteiger charge is 2.02. The fourth-order valence-corrected chi connectivity index (χ4v) is 3.45. The first-order valence-electron chi connectivity index (χ1n) is 9.39. The molecule has 160 valence electrons. The number of nitrogens with one attached hydrogen (secondary N) is 2. The molecule has 8 heteroatoms. The molecule has 0 aliphatic carbocycles. The van der Waals surface area contributed by atoms with E-state index in [0.29, 0.717) is 37.2 Å². The van der Waals surface area contributed by atoms with Gasteiger partial charge in [0.05, 0.1) is 20.2 Å². The van der Waals surface area contributed by atoms with Crippen molar-refractivity contribution in [1.82, 2.24) is 10.6 Å². The molecule has 0 spiro atoms. The molecular formula is C21H30IN3O3S. The maximum absolute atomic E-state index is 12.2. The minimum absolute atomic E-state index is 0. The van der Waals surface area contributed by atoms with Crippen molar-refractivity contribution >= 4 is 40.7 Å². The van der Waals surface area contributed by atoms with Crippen LogP contribution in [0.25, 0.3) is 0 Å². The van der Waals surface area contributed by atoms with Crippen LogP contribution in [0.2, 0.25) is 0 Å². The third kappa shape index (κ3) is 10.5. The summed E-state index contributed by atoms with van der Waals surface area (Å²) in [5, 5.41) is 6.41. The average molecular weight is 531 g/mol. The number of aliphatic imine (C=N–C) groups is 1. The van der Waals surface area contributed by atoms with Crippen LogP contribution in [0.1, 0.15) is 12.5 Å². The molecule has 0 aliphatic rings. The molecule has 0 saturated heterocycles. The monoisotopic (exact) mass is 531 g/mol. The fourth-order valence-electron chi connectivity index (χ4n) is 2.44. The summed E-state index contributed by atoms with van der Waals surface area (Å²) < 4.78 is 23.0. The van der Waals surface area contributed by atoms with Crippen molar-refractivity contribution in [3.8, 4) is 11.5 Å². The van der Waals surface area contributed by atoms with Crippen molar-refractivity contribution in [3.05, 3.63) is 60.2 Å². The van der Waals surface area contributed by atoms with E-state index in [1.807, 2.05) is 61.5 Å². The maximum atomic E-state index is 12.2. The molecule has 2 aromatic rings. The van der Waals surface area contributed by atoms with Crippen molar-refractivity contribution in [2.45, 2.75) is 12.7 Å². The van der Waals surface area contributed by atoms with Crippen molar-refractivity contribution in [1.29, 1.82) is 0 Å². The molecule has 0 saturated carbocycles. The smallest absolute Gasteiger partial charge is 0.191 e. The molecule has 1 atom stereocenters. The maximum Gasteiger partial charge on any atom is 0.191 e. The van der Waals surface area contributed by atoms with Crippen LogP contribution >= 0.6 is 24.0 Å². The van der Waals surface area contributed by atoms with E-state index in [2.05, 4.69) is 15.6 Å². The molecular weight excluding hydrogens is 501 g/mol. The van der Waals surface area contributed by atoms with Crippen LogP contribution in [0.15, 0.2) is 59.6 Å². The van der Waals surface area contributed by atoms with Gasteiger partial charge in [-0.15, -0.1) is 24.0 Å². The second-order valence-electron chi connectivity index (χ2n) is 5.99. The van der Waals surface area contributed by atoms with Gasteiger partial charge in [-0.3, -0.25) is 9.20 Å². The van der Waals surface area contributed by atoms with Crippen LogP contribution < -0.4 is 20.1 Å². The normalized spacial score (nSPS) is 11.9. The largest absolute Gasteiger partial charge is 0.497 e. The highest BCUT2D eigenvalue weighted by atomic mass is 127. The zero-order valence-corrected chi connectivity index (χ0v) is 20.1. The molecule has 2 rings (SSSR count). The van der Waals surface area contributed by atoms with Crippen molar-refractivity contribution in [2.24, 2.45) is 4.99 Å². The molecule has 1 unspecified atom stereocenters. The third-order valence-corrected chi connectivity index (χ3v) is 5.12. The molecule has 0 aliphatic heterocycles. The van der Waals surface area contributed by atoms with Gasteiger partial charge < -0.3 is 20.1 Å². The van der Waals surface area contributed by atoms with Crippen LogP contribution in [0.3, 0.4) is 0 Å². The summed E-state index contributed by atoms with van der Waals surface area (Å²) in [5.74, 6) is 3.40. The Morgan fingerprint density at radius 1 is 1.03 bits per heavy atom. The summed E-state index contributed by atoms with van der Waals surface area (Å²) in [7, 11) is 0.713. The average Bonchev–Trinajstić information content (AvgIpc) is 2.72. The second kappa shape index (κ2) is 15.1. The predicted octanol–water partition coefficient (Wildman–Crippen LogP) is 3.20. The Bertz CT molecular complexity index is 743. The van der Waals surface area contributed by atoms with Gasteiger partial charge in [-0.05, 0) is 36.8 Å². The van der Waals surface area contributed by atoms with E-state index < -0.39 is 10.8 Å². The first kappa shape index (κ1) is 25.2. The van der Waals surface area contributed by atoms with Crippen molar-refractivity contribution in [3.63, 3.8) is 0 Å².